The second-order valence-electron chi connectivity index (χ2n) is 8.41. The van der Waals surface area contributed by atoms with Crippen LogP contribution in [0.15, 0.2) is 73.4 Å². The number of hydrogen-bond donors (Lipinski definition) is 3. The summed E-state index contributed by atoms with van der Waals surface area (Å²) in [5.41, 5.74) is 2.71. The van der Waals surface area contributed by atoms with E-state index in [1.165, 1.54) is 24.5 Å². The van der Waals surface area contributed by atoms with E-state index in [4.69, 9.17) is 0 Å². The molecule has 0 atom stereocenters. The van der Waals surface area contributed by atoms with Crippen molar-refractivity contribution in [1.29, 1.82) is 0 Å². The summed E-state index contributed by atoms with van der Waals surface area (Å²) in [6.07, 6.45) is 1.81. The summed E-state index contributed by atoms with van der Waals surface area (Å²) >= 11 is 0. The monoisotopic (exact) mass is 516 g/mol. The Bertz CT molecular complexity index is 1680. The molecule has 0 saturated heterocycles. The number of anilines is 3. The normalized spacial score (nSPS) is 11.8. The largest absolute Gasteiger partial charge is 0.416 e. The highest BCUT2D eigenvalue weighted by Crippen LogP contribution is 2.29. The smallest absolute Gasteiger partial charge is 0.361 e. The van der Waals surface area contributed by atoms with Crippen LogP contribution in [0.2, 0.25) is 0 Å². The Balaban J connectivity index is 1.33. The van der Waals surface area contributed by atoms with Gasteiger partial charge in [0.05, 0.1) is 42.2 Å². The lowest BCUT2D eigenvalue weighted by atomic mass is 10.1. The summed E-state index contributed by atoms with van der Waals surface area (Å²) in [5.74, 6) is 1.86. The van der Waals surface area contributed by atoms with E-state index in [2.05, 4.69) is 45.5 Å². The number of aromatic nitrogens is 8. The zero-order chi connectivity index (χ0) is 26.1. The fraction of sp³-hybridized carbons (Fsp3) is 0.120. The molecule has 0 amide bonds. The maximum Gasteiger partial charge on any atom is 0.416 e. The van der Waals surface area contributed by atoms with E-state index < -0.39 is 11.7 Å². The maximum absolute atomic E-state index is 13.0. The lowest BCUT2D eigenvalue weighted by Crippen LogP contribution is -2.08. The first-order chi connectivity index (χ1) is 18.4. The van der Waals surface area contributed by atoms with Gasteiger partial charge in [-0.2, -0.15) is 23.1 Å². The molecular weight excluding hydrogens is 497 g/mol. The number of nitrogens with one attached hydrogen (secondary N) is 3. The van der Waals surface area contributed by atoms with Crippen LogP contribution in [0.1, 0.15) is 17.0 Å². The van der Waals surface area contributed by atoms with Gasteiger partial charge in [0, 0.05) is 12.4 Å². The third-order valence-electron chi connectivity index (χ3n) is 5.76. The van der Waals surface area contributed by atoms with Crippen LogP contribution < -0.4 is 10.6 Å². The molecule has 4 heterocycles. The molecule has 3 N–H and O–H groups in total. The molecule has 0 bridgehead atoms. The van der Waals surface area contributed by atoms with Crippen molar-refractivity contribution in [3.8, 4) is 0 Å². The van der Waals surface area contributed by atoms with Crippen molar-refractivity contribution in [1.82, 2.24) is 39.5 Å². The van der Waals surface area contributed by atoms with Gasteiger partial charge in [0.2, 0.25) is 5.95 Å². The summed E-state index contributed by atoms with van der Waals surface area (Å²) in [4.78, 5) is 29.8. The quantitative estimate of drug-likeness (QED) is 0.274. The van der Waals surface area contributed by atoms with Crippen molar-refractivity contribution in [3.05, 3.63) is 90.4 Å². The summed E-state index contributed by atoms with van der Waals surface area (Å²) in [6.45, 7) is 0.608. The number of benzene rings is 2. The van der Waals surface area contributed by atoms with Crippen molar-refractivity contribution in [3.63, 3.8) is 0 Å². The molecule has 0 unspecified atom stereocenters. The molecule has 190 valence electrons. The van der Waals surface area contributed by atoms with Crippen molar-refractivity contribution in [2.45, 2.75) is 19.3 Å². The number of halogens is 3. The van der Waals surface area contributed by atoms with Gasteiger partial charge in [0.15, 0.2) is 22.8 Å². The molecular formula is C25H19F3N10. The van der Waals surface area contributed by atoms with Crippen LogP contribution in [-0.4, -0.2) is 39.5 Å². The molecule has 0 saturated carbocycles. The fourth-order valence-electron chi connectivity index (χ4n) is 3.97. The molecule has 0 radical (unpaired) electrons. The first-order valence-electron chi connectivity index (χ1n) is 11.5. The van der Waals surface area contributed by atoms with E-state index >= 15 is 0 Å². The van der Waals surface area contributed by atoms with E-state index in [9.17, 15) is 13.2 Å². The zero-order valence-corrected chi connectivity index (χ0v) is 19.6. The molecule has 0 fully saturated rings. The SMILES string of the molecule is FC(F)(F)c1ccc(Cn2cnc3c(NCc4nc5ccccc5[nH]4)nc(Nc4cnccn4)nc32)cc1. The first-order valence-corrected chi connectivity index (χ1v) is 11.5. The minimum atomic E-state index is -4.39. The van der Waals surface area contributed by atoms with Crippen LogP contribution in [0.5, 0.6) is 0 Å². The van der Waals surface area contributed by atoms with Gasteiger partial charge in [-0.15, -0.1) is 0 Å². The van der Waals surface area contributed by atoms with E-state index in [1.807, 2.05) is 24.3 Å². The Kier molecular flexibility index (Phi) is 5.79. The highest BCUT2D eigenvalue weighted by atomic mass is 19.4. The zero-order valence-electron chi connectivity index (χ0n) is 19.6. The number of nitrogens with zero attached hydrogens (tertiary/aromatic N) is 7. The Hall–Kier alpha value is -5.07. The number of alkyl halides is 3. The third-order valence-corrected chi connectivity index (χ3v) is 5.76. The Morgan fingerprint density at radius 1 is 0.921 bits per heavy atom. The number of para-hydroxylation sites is 2. The number of imidazole rings is 2. The second kappa shape index (κ2) is 9.42. The number of H-pyrrole nitrogens is 1. The third kappa shape index (κ3) is 4.81. The Morgan fingerprint density at radius 3 is 2.53 bits per heavy atom. The molecule has 38 heavy (non-hydrogen) atoms. The highest BCUT2D eigenvalue weighted by Gasteiger charge is 2.30. The van der Waals surface area contributed by atoms with Crippen molar-refractivity contribution >= 4 is 39.8 Å². The first kappa shape index (κ1) is 23.3. The number of fused-ring (bicyclic) bond motifs is 2. The van der Waals surface area contributed by atoms with Gasteiger partial charge in [-0.1, -0.05) is 24.3 Å². The fourth-order valence-corrected chi connectivity index (χ4v) is 3.97. The molecule has 6 aromatic rings. The average Bonchev–Trinajstić information content (AvgIpc) is 3.52. The summed E-state index contributed by atoms with van der Waals surface area (Å²) in [7, 11) is 0. The lowest BCUT2D eigenvalue weighted by molar-refractivity contribution is -0.137. The van der Waals surface area contributed by atoms with Crippen LogP contribution in [0, 0.1) is 0 Å². The van der Waals surface area contributed by atoms with Gasteiger partial charge in [-0.3, -0.25) is 4.98 Å². The van der Waals surface area contributed by atoms with Crippen molar-refractivity contribution < 1.29 is 13.2 Å². The second-order valence-corrected chi connectivity index (χ2v) is 8.41. The van der Waals surface area contributed by atoms with Gasteiger partial charge in [-0.25, -0.2) is 15.0 Å². The molecule has 0 spiro atoms. The van der Waals surface area contributed by atoms with Crippen LogP contribution in [0.25, 0.3) is 22.2 Å². The summed E-state index contributed by atoms with van der Waals surface area (Å²) in [6, 6.07) is 12.7. The van der Waals surface area contributed by atoms with Gasteiger partial charge in [0.25, 0.3) is 0 Å². The number of aromatic amines is 1. The van der Waals surface area contributed by atoms with Crippen molar-refractivity contribution in [2.24, 2.45) is 0 Å². The molecule has 0 aliphatic rings. The molecule has 10 nitrogen and oxygen atoms in total. The van der Waals surface area contributed by atoms with Crippen LogP contribution in [0.3, 0.4) is 0 Å². The summed E-state index contributed by atoms with van der Waals surface area (Å²) in [5, 5.41) is 6.31. The number of rotatable bonds is 7. The van der Waals surface area contributed by atoms with Crippen LogP contribution in [0.4, 0.5) is 30.8 Å². The van der Waals surface area contributed by atoms with E-state index in [-0.39, 0.29) is 12.5 Å². The van der Waals surface area contributed by atoms with Gasteiger partial charge in [-0.05, 0) is 29.8 Å². The lowest BCUT2D eigenvalue weighted by Gasteiger charge is -2.11. The minimum Gasteiger partial charge on any atom is -0.361 e. The molecule has 6 rings (SSSR count). The molecule has 4 aromatic heterocycles. The predicted molar refractivity (Wildman–Crippen MR) is 135 cm³/mol. The van der Waals surface area contributed by atoms with Gasteiger partial charge < -0.3 is 20.2 Å². The van der Waals surface area contributed by atoms with Crippen LogP contribution in [-0.2, 0) is 19.3 Å². The average molecular weight is 516 g/mol. The molecule has 0 aliphatic heterocycles. The molecule has 0 aliphatic carbocycles. The minimum absolute atomic E-state index is 0.249. The molecule has 2 aromatic carbocycles. The summed E-state index contributed by atoms with van der Waals surface area (Å²) < 4.78 is 40.6. The van der Waals surface area contributed by atoms with E-state index in [0.717, 1.165) is 23.2 Å². The highest BCUT2D eigenvalue weighted by molar-refractivity contribution is 5.84. The van der Waals surface area contributed by atoms with E-state index in [0.29, 0.717) is 40.7 Å². The Morgan fingerprint density at radius 2 is 1.76 bits per heavy atom. The predicted octanol–water partition coefficient (Wildman–Crippen LogP) is 4.92. The van der Waals surface area contributed by atoms with Gasteiger partial charge in [0.1, 0.15) is 5.82 Å². The van der Waals surface area contributed by atoms with Crippen molar-refractivity contribution in [2.75, 3.05) is 10.6 Å². The maximum atomic E-state index is 13.0. The van der Waals surface area contributed by atoms with Gasteiger partial charge >= 0.3 is 6.18 Å². The number of hydrogen-bond acceptors (Lipinski definition) is 8. The Labute approximate surface area is 213 Å². The van der Waals surface area contributed by atoms with E-state index in [1.54, 1.807) is 17.1 Å². The topological polar surface area (TPSA) is 122 Å². The molecule has 13 heteroatoms. The van der Waals surface area contributed by atoms with Crippen LogP contribution >= 0.6 is 0 Å². The standard InChI is InChI=1S/C25H19F3N10/c26-25(27,28)16-7-5-15(6-8-16)13-38-14-32-21-22(31-12-20-33-17-3-1-2-4-18(17)34-20)36-24(37-23(21)38)35-19-11-29-9-10-30-19/h1-11,14H,12-13H2,(H,33,34)(H2,30,31,35,36,37).